The number of carboxylic acids is 1. The van der Waals surface area contributed by atoms with Gasteiger partial charge in [0.2, 0.25) is 0 Å². The first-order valence-corrected chi connectivity index (χ1v) is 9.43. The van der Waals surface area contributed by atoms with Crippen LogP contribution in [0.5, 0.6) is 0 Å². The molecule has 0 spiro atoms. The molecule has 1 fully saturated rings. The number of aliphatic carboxylic acids is 1. The molecular weight excluding hydrogens is 322 g/mol. The van der Waals surface area contributed by atoms with E-state index in [0.717, 1.165) is 44.4 Å². The van der Waals surface area contributed by atoms with Crippen molar-refractivity contribution < 1.29 is 27.5 Å². The number of sulfone groups is 1. The Morgan fingerprint density at radius 1 is 1.30 bits per heavy atom. The first kappa shape index (κ1) is 17.5. The number of carboxylic acid groups (broad SMARTS) is 1. The van der Waals surface area contributed by atoms with Gasteiger partial charge in [0.25, 0.3) is 5.91 Å². The largest absolute Gasteiger partial charge is 0.480 e. The number of nitrogens with one attached hydrogen (secondary N) is 1. The van der Waals surface area contributed by atoms with Crippen LogP contribution in [0.2, 0.25) is 0 Å². The number of furan rings is 1. The predicted molar refractivity (Wildman–Crippen MR) is 82.0 cm³/mol. The molecule has 1 saturated carbocycles. The second-order valence-electron chi connectivity index (χ2n) is 5.99. The minimum absolute atomic E-state index is 0.0628. The molecule has 1 aromatic heterocycles. The van der Waals surface area contributed by atoms with E-state index in [2.05, 4.69) is 5.32 Å². The normalized spacial score (nSPS) is 17.7. The van der Waals surface area contributed by atoms with Crippen LogP contribution >= 0.6 is 0 Å². The van der Waals surface area contributed by atoms with Crippen molar-refractivity contribution in [3.8, 4) is 0 Å². The fourth-order valence-corrected chi connectivity index (χ4v) is 3.89. The molecule has 23 heavy (non-hydrogen) atoms. The van der Waals surface area contributed by atoms with E-state index in [9.17, 15) is 23.1 Å². The minimum Gasteiger partial charge on any atom is -0.480 e. The average molecular weight is 343 g/mol. The molecule has 1 heterocycles. The van der Waals surface area contributed by atoms with Gasteiger partial charge in [-0.15, -0.1) is 0 Å². The Labute approximate surface area is 135 Å². The molecular formula is C15H21NO6S. The molecule has 0 radical (unpaired) electrons. The quantitative estimate of drug-likeness (QED) is 0.842. The van der Waals surface area contributed by atoms with Crippen LogP contribution in [0, 0.1) is 12.8 Å². The Morgan fingerprint density at radius 3 is 2.39 bits per heavy atom. The van der Waals surface area contributed by atoms with Crippen molar-refractivity contribution >= 4 is 21.7 Å². The average Bonchev–Trinajstić information content (AvgIpc) is 2.87. The second kappa shape index (κ2) is 6.74. The number of hydrogen-bond acceptors (Lipinski definition) is 5. The molecule has 2 N–H and O–H groups in total. The third kappa shape index (κ3) is 4.13. The molecule has 1 aliphatic rings. The van der Waals surface area contributed by atoms with Gasteiger partial charge in [0.1, 0.15) is 16.7 Å². The number of carbonyl (C=O) groups is 2. The molecule has 128 valence electrons. The molecule has 1 unspecified atom stereocenters. The predicted octanol–water partition coefficient (Wildman–Crippen LogP) is 1.75. The van der Waals surface area contributed by atoms with Crippen LogP contribution in [-0.4, -0.2) is 37.7 Å². The lowest BCUT2D eigenvalue weighted by molar-refractivity contribution is -0.141. The zero-order valence-electron chi connectivity index (χ0n) is 13.2. The van der Waals surface area contributed by atoms with Gasteiger partial charge in [0.15, 0.2) is 15.6 Å². The summed E-state index contributed by atoms with van der Waals surface area (Å²) in [4.78, 5) is 23.6. The van der Waals surface area contributed by atoms with Crippen molar-refractivity contribution in [3.63, 3.8) is 0 Å². The standard InChI is InChI=1S/C15H21NO6S/c1-9-12(23(2,20)21)8-11(22-9)14(17)16-13(15(18)19)10-6-4-3-5-7-10/h8,10,13H,3-7H2,1-2H3,(H,16,17)(H,18,19). The van der Waals surface area contributed by atoms with E-state index in [1.165, 1.54) is 6.92 Å². The molecule has 2 rings (SSSR count). The van der Waals surface area contributed by atoms with E-state index in [1.807, 2.05) is 0 Å². The summed E-state index contributed by atoms with van der Waals surface area (Å²) in [5.41, 5.74) is 0. The molecule has 0 saturated heterocycles. The molecule has 0 aromatic carbocycles. The van der Waals surface area contributed by atoms with Gasteiger partial charge in [0, 0.05) is 12.3 Å². The van der Waals surface area contributed by atoms with Gasteiger partial charge in [0.05, 0.1) is 0 Å². The lowest BCUT2D eigenvalue weighted by Crippen LogP contribution is -2.46. The van der Waals surface area contributed by atoms with Crippen molar-refractivity contribution in [3.05, 3.63) is 17.6 Å². The van der Waals surface area contributed by atoms with Crippen LogP contribution in [0.4, 0.5) is 0 Å². The van der Waals surface area contributed by atoms with Crippen LogP contribution in [0.25, 0.3) is 0 Å². The highest BCUT2D eigenvalue weighted by atomic mass is 32.2. The topological polar surface area (TPSA) is 114 Å². The molecule has 1 atom stereocenters. The Morgan fingerprint density at radius 2 is 1.91 bits per heavy atom. The molecule has 0 bridgehead atoms. The summed E-state index contributed by atoms with van der Waals surface area (Å²) in [5.74, 6) is -1.99. The van der Waals surface area contributed by atoms with Crippen molar-refractivity contribution in [2.24, 2.45) is 5.92 Å². The Hall–Kier alpha value is -1.83. The van der Waals surface area contributed by atoms with E-state index in [1.54, 1.807) is 0 Å². The third-order valence-electron chi connectivity index (χ3n) is 4.17. The Kier molecular flexibility index (Phi) is 5.13. The van der Waals surface area contributed by atoms with Gasteiger partial charge in [-0.1, -0.05) is 19.3 Å². The van der Waals surface area contributed by atoms with Crippen molar-refractivity contribution in [1.82, 2.24) is 5.32 Å². The van der Waals surface area contributed by atoms with E-state index >= 15 is 0 Å². The summed E-state index contributed by atoms with van der Waals surface area (Å²) in [6.07, 6.45) is 5.50. The number of aryl methyl sites for hydroxylation is 1. The maximum atomic E-state index is 12.2. The zero-order chi connectivity index (χ0) is 17.2. The maximum Gasteiger partial charge on any atom is 0.326 e. The fraction of sp³-hybridized carbons (Fsp3) is 0.600. The number of carbonyl (C=O) groups excluding carboxylic acids is 1. The Balaban J connectivity index is 2.17. The van der Waals surface area contributed by atoms with E-state index in [4.69, 9.17) is 4.42 Å². The van der Waals surface area contributed by atoms with Crippen molar-refractivity contribution in [1.29, 1.82) is 0 Å². The molecule has 8 heteroatoms. The van der Waals surface area contributed by atoms with Gasteiger partial charge in [-0.2, -0.15) is 0 Å². The van der Waals surface area contributed by atoms with E-state index < -0.39 is 27.8 Å². The zero-order valence-corrected chi connectivity index (χ0v) is 14.0. The van der Waals surface area contributed by atoms with Crippen LogP contribution < -0.4 is 5.32 Å². The first-order chi connectivity index (χ1) is 10.7. The monoisotopic (exact) mass is 343 g/mol. The number of amides is 1. The van der Waals surface area contributed by atoms with Gasteiger partial charge in [-0.25, -0.2) is 13.2 Å². The smallest absolute Gasteiger partial charge is 0.326 e. The highest BCUT2D eigenvalue weighted by molar-refractivity contribution is 7.90. The molecule has 1 amide bonds. The highest BCUT2D eigenvalue weighted by Crippen LogP contribution is 2.27. The SMILES string of the molecule is Cc1oc(C(=O)NC(C(=O)O)C2CCCCC2)cc1S(C)(=O)=O. The van der Waals surface area contributed by atoms with Gasteiger partial charge in [-0.05, 0) is 25.7 Å². The lowest BCUT2D eigenvalue weighted by Gasteiger charge is -2.27. The van der Waals surface area contributed by atoms with E-state index in [-0.39, 0.29) is 22.3 Å². The summed E-state index contributed by atoms with van der Waals surface area (Å²) in [7, 11) is -3.50. The van der Waals surface area contributed by atoms with Crippen LogP contribution in [0.15, 0.2) is 15.4 Å². The van der Waals surface area contributed by atoms with Gasteiger partial charge >= 0.3 is 5.97 Å². The van der Waals surface area contributed by atoms with Gasteiger partial charge < -0.3 is 14.8 Å². The van der Waals surface area contributed by atoms with Crippen LogP contribution in [0.1, 0.15) is 48.4 Å². The van der Waals surface area contributed by atoms with Crippen molar-refractivity contribution in [2.45, 2.75) is 50.0 Å². The molecule has 0 aliphatic heterocycles. The van der Waals surface area contributed by atoms with Crippen LogP contribution in [-0.2, 0) is 14.6 Å². The fourth-order valence-electron chi connectivity index (χ4n) is 3.01. The number of rotatable bonds is 5. The molecule has 7 nitrogen and oxygen atoms in total. The van der Waals surface area contributed by atoms with Crippen LogP contribution in [0.3, 0.4) is 0 Å². The maximum absolute atomic E-state index is 12.2. The second-order valence-corrected chi connectivity index (χ2v) is 7.97. The lowest BCUT2D eigenvalue weighted by atomic mass is 9.84. The van der Waals surface area contributed by atoms with E-state index in [0.29, 0.717) is 0 Å². The molecule has 1 aliphatic carbocycles. The number of hydrogen-bond donors (Lipinski definition) is 2. The Bertz CT molecular complexity index is 700. The highest BCUT2D eigenvalue weighted by Gasteiger charge is 2.32. The van der Waals surface area contributed by atoms with Crippen molar-refractivity contribution in [2.75, 3.05) is 6.26 Å². The minimum atomic E-state index is -3.50. The summed E-state index contributed by atoms with van der Waals surface area (Å²) in [5, 5.41) is 11.8. The van der Waals surface area contributed by atoms with Gasteiger partial charge in [-0.3, -0.25) is 4.79 Å². The first-order valence-electron chi connectivity index (χ1n) is 7.54. The third-order valence-corrected chi connectivity index (χ3v) is 5.37. The summed E-state index contributed by atoms with van der Waals surface area (Å²) in [6, 6.07) is 0.148. The summed E-state index contributed by atoms with van der Waals surface area (Å²) < 4.78 is 28.3. The molecule has 1 aromatic rings. The summed E-state index contributed by atoms with van der Waals surface area (Å²) >= 11 is 0. The summed E-state index contributed by atoms with van der Waals surface area (Å²) in [6.45, 7) is 1.45.